The summed E-state index contributed by atoms with van der Waals surface area (Å²) in [6.45, 7) is 1.60. The number of rotatable bonds is 8. The Hall–Kier alpha value is -3.55. The zero-order valence-electron chi connectivity index (χ0n) is 18.8. The number of piperidine rings is 1. The van der Waals surface area contributed by atoms with Gasteiger partial charge >= 0.3 is 6.03 Å². The predicted octanol–water partition coefficient (Wildman–Crippen LogP) is 2.75. The highest BCUT2D eigenvalue weighted by Crippen LogP contribution is 2.29. The van der Waals surface area contributed by atoms with E-state index in [1.165, 1.54) is 4.90 Å². The number of aryl methyl sites for hydroxylation is 1. The van der Waals surface area contributed by atoms with Crippen LogP contribution < -0.4 is 14.8 Å². The summed E-state index contributed by atoms with van der Waals surface area (Å²) in [5.74, 6) is 1.20. The van der Waals surface area contributed by atoms with Crippen LogP contribution in [0.25, 0.3) is 0 Å². The average Bonchev–Trinajstić information content (AvgIpc) is 3.19. The van der Waals surface area contributed by atoms with Crippen LogP contribution >= 0.6 is 0 Å². The first kappa shape index (κ1) is 22.6. The minimum atomic E-state index is -0.324. The molecular formula is C25H29N3O5. The summed E-state index contributed by atoms with van der Waals surface area (Å²) in [4.78, 5) is 39.7. The van der Waals surface area contributed by atoms with E-state index in [9.17, 15) is 14.4 Å². The summed E-state index contributed by atoms with van der Waals surface area (Å²) in [6, 6.07) is 15.2. The van der Waals surface area contributed by atoms with Crippen molar-refractivity contribution in [3.63, 3.8) is 0 Å². The number of hydrogen-bond donors (Lipinski definition) is 1. The molecule has 2 aliphatic rings. The number of carbonyl (C=O) groups excluding carboxylic acids is 3. The second kappa shape index (κ2) is 10.4. The lowest BCUT2D eigenvalue weighted by Gasteiger charge is -2.35. The van der Waals surface area contributed by atoms with Gasteiger partial charge in [-0.25, -0.2) is 4.79 Å². The minimum Gasteiger partial charge on any atom is -0.493 e. The highest BCUT2D eigenvalue weighted by molar-refractivity contribution is 6.02. The zero-order valence-corrected chi connectivity index (χ0v) is 18.8. The Bertz CT molecular complexity index is 986. The molecule has 0 unspecified atom stereocenters. The van der Waals surface area contributed by atoms with Crippen molar-refractivity contribution in [2.45, 2.75) is 38.3 Å². The molecule has 8 nitrogen and oxygen atoms in total. The van der Waals surface area contributed by atoms with E-state index in [1.54, 1.807) is 7.11 Å². The van der Waals surface area contributed by atoms with Crippen molar-refractivity contribution in [1.82, 2.24) is 15.1 Å². The van der Waals surface area contributed by atoms with Crippen LogP contribution in [0.1, 0.15) is 30.4 Å². The fraction of sp³-hybridized carbons (Fsp3) is 0.400. The lowest BCUT2D eigenvalue weighted by atomic mass is 10.0. The Kier molecular flexibility index (Phi) is 7.12. The molecule has 0 aliphatic carbocycles. The van der Waals surface area contributed by atoms with Gasteiger partial charge in [-0.1, -0.05) is 36.4 Å². The summed E-state index contributed by atoms with van der Waals surface area (Å²) in [5.41, 5.74) is 2.07. The summed E-state index contributed by atoms with van der Waals surface area (Å²) >= 11 is 0. The van der Waals surface area contributed by atoms with Crippen molar-refractivity contribution in [3.05, 3.63) is 59.7 Å². The van der Waals surface area contributed by atoms with Gasteiger partial charge in [0, 0.05) is 25.6 Å². The van der Waals surface area contributed by atoms with Crippen LogP contribution in [0.3, 0.4) is 0 Å². The molecule has 2 aromatic carbocycles. The second-order valence-corrected chi connectivity index (χ2v) is 8.29. The molecule has 2 heterocycles. The molecule has 4 rings (SSSR count). The third-order valence-corrected chi connectivity index (χ3v) is 6.15. The molecule has 4 amide bonds. The average molecular weight is 452 g/mol. The summed E-state index contributed by atoms with van der Waals surface area (Å²) < 4.78 is 11.4. The molecule has 0 spiro atoms. The Labute approximate surface area is 193 Å². The smallest absolute Gasteiger partial charge is 0.324 e. The molecule has 174 valence electrons. The Balaban J connectivity index is 1.29. The molecule has 33 heavy (non-hydrogen) atoms. The molecule has 8 heteroatoms. The van der Waals surface area contributed by atoms with Crippen molar-refractivity contribution in [1.29, 1.82) is 0 Å². The lowest BCUT2D eigenvalue weighted by Crippen LogP contribution is -2.49. The number of carbonyl (C=O) groups is 3. The van der Waals surface area contributed by atoms with E-state index >= 15 is 0 Å². The van der Waals surface area contributed by atoms with Crippen LogP contribution in [0.2, 0.25) is 0 Å². The van der Waals surface area contributed by atoms with Gasteiger partial charge in [0.25, 0.3) is 0 Å². The van der Waals surface area contributed by atoms with Crippen molar-refractivity contribution >= 4 is 17.8 Å². The van der Waals surface area contributed by atoms with Gasteiger partial charge in [0.2, 0.25) is 11.8 Å². The van der Waals surface area contributed by atoms with Crippen LogP contribution in [0.4, 0.5) is 4.79 Å². The van der Waals surface area contributed by atoms with Crippen molar-refractivity contribution in [3.8, 4) is 11.5 Å². The van der Waals surface area contributed by atoms with Crippen LogP contribution in [0, 0.1) is 0 Å². The molecule has 2 aliphatic heterocycles. The number of benzene rings is 2. The monoisotopic (exact) mass is 451 g/mol. The molecule has 2 fully saturated rings. The van der Waals surface area contributed by atoms with Gasteiger partial charge < -0.3 is 19.7 Å². The summed E-state index contributed by atoms with van der Waals surface area (Å²) in [6.07, 6.45) is 2.21. The zero-order chi connectivity index (χ0) is 23.2. The van der Waals surface area contributed by atoms with Gasteiger partial charge in [-0.05, 0) is 42.5 Å². The number of ether oxygens (including phenoxy) is 2. The van der Waals surface area contributed by atoms with Gasteiger partial charge in [-0.3, -0.25) is 14.5 Å². The fourth-order valence-electron chi connectivity index (χ4n) is 4.31. The van der Waals surface area contributed by atoms with E-state index < -0.39 is 0 Å². The molecule has 2 saturated heterocycles. The fourth-order valence-corrected chi connectivity index (χ4v) is 4.31. The Morgan fingerprint density at radius 3 is 2.45 bits per heavy atom. The normalized spacial score (nSPS) is 16.6. The number of imide groups is 1. The second-order valence-electron chi connectivity index (χ2n) is 8.29. The van der Waals surface area contributed by atoms with Crippen molar-refractivity contribution in [2.75, 3.05) is 26.7 Å². The van der Waals surface area contributed by atoms with Crippen LogP contribution in [-0.4, -0.2) is 60.4 Å². The van der Waals surface area contributed by atoms with E-state index in [4.69, 9.17) is 9.47 Å². The quantitative estimate of drug-likeness (QED) is 0.624. The topological polar surface area (TPSA) is 88.2 Å². The number of amides is 4. The number of urea groups is 1. The highest BCUT2D eigenvalue weighted by atomic mass is 16.5. The van der Waals surface area contributed by atoms with E-state index in [-0.39, 0.29) is 30.4 Å². The molecular weight excluding hydrogens is 422 g/mol. The number of nitrogens with zero attached hydrogens (tertiary/aromatic N) is 2. The highest BCUT2D eigenvalue weighted by Gasteiger charge is 2.37. The molecule has 2 aromatic rings. The maximum atomic E-state index is 12.8. The van der Waals surface area contributed by atoms with Gasteiger partial charge in [0.1, 0.15) is 6.61 Å². The van der Waals surface area contributed by atoms with Gasteiger partial charge in [0.05, 0.1) is 13.7 Å². The number of methoxy groups -OCH3 is 1. The minimum absolute atomic E-state index is 0.0664. The van der Waals surface area contributed by atoms with E-state index in [0.717, 1.165) is 11.1 Å². The van der Waals surface area contributed by atoms with Gasteiger partial charge in [-0.2, -0.15) is 0 Å². The lowest BCUT2D eigenvalue weighted by molar-refractivity contribution is -0.133. The number of likely N-dealkylation sites (tertiary alicyclic amines) is 1. The van der Waals surface area contributed by atoms with Crippen molar-refractivity contribution in [2.24, 2.45) is 0 Å². The van der Waals surface area contributed by atoms with Crippen LogP contribution in [0.15, 0.2) is 48.5 Å². The molecule has 0 radical (unpaired) electrons. The standard InChI is InChI=1S/C25H29N3O5/c1-32-21-9-7-18(15-22(21)33-17-19-5-3-2-4-6-19)8-10-23(29)27-13-11-20(12-14-27)28-24(30)16-26-25(28)31/h2-7,9,15,20H,8,10-14,16-17H2,1H3,(H,26,31). The first-order valence-electron chi connectivity index (χ1n) is 11.3. The van der Waals surface area contributed by atoms with Crippen LogP contribution in [0.5, 0.6) is 11.5 Å². The molecule has 0 saturated carbocycles. The van der Waals surface area contributed by atoms with E-state index in [1.807, 2.05) is 53.4 Å². The first-order chi connectivity index (χ1) is 16.0. The summed E-state index contributed by atoms with van der Waals surface area (Å²) in [7, 11) is 1.61. The maximum absolute atomic E-state index is 12.8. The Morgan fingerprint density at radius 2 is 1.79 bits per heavy atom. The Morgan fingerprint density at radius 1 is 1.03 bits per heavy atom. The number of nitrogens with one attached hydrogen (secondary N) is 1. The van der Waals surface area contributed by atoms with E-state index in [2.05, 4.69) is 5.32 Å². The van der Waals surface area contributed by atoms with Crippen LogP contribution in [-0.2, 0) is 22.6 Å². The SMILES string of the molecule is COc1ccc(CCC(=O)N2CCC(N3C(=O)CNC3=O)CC2)cc1OCc1ccccc1. The molecule has 0 atom stereocenters. The van der Waals surface area contributed by atoms with Gasteiger partial charge in [0.15, 0.2) is 11.5 Å². The van der Waals surface area contributed by atoms with Gasteiger partial charge in [-0.15, -0.1) is 0 Å². The summed E-state index contributed by atoms with van der Waals surface area (Å²) in [5, 5.41) is 2.56. The van der Waals surface area contributed by atoms with Crippen molar-refractivity contribution < 1.29 is 23.9 Å². The maximum Gasteiger partial charge on any atom is 0.324 e. The van der Waals surface area contributed by atoms with E-state index in [0.29, 0.717) is 56.9 Å². The third-order valence-electron chi connectivity index (χ3n) is 6.15. The largest absolute Gasteiger partial charge is 0.493 e. The number of hydrogen-bond acceptors (Lipinski definition) is 5. The molecule has 0 aromatic heterocycles. The molecule has 1 N–H and O–H groups in total. The third kappa shape index (κ3) is 5.45. The molecule has 0 bridgehead atoms. The first-order valence-corrected chi connectivity index (χ1v) is 11.3. The predicted molar refractivity (Wildman–Crippen MR) is 122 cm³/mol.